The zero-order chi connectivity index (χ0) is 9.90. The van der Waals surface area contributed by atoms with Gasteiger partial charge in [-0.3, -0.25) is 0 Å². The number of anilines is 1. The lowest BCUT2D eigenvalue weighted by Crippen LogP contribution is -2.28. The van der Waals surface area contributed by atoms with E-state index in [1.807, 2.05) is 11.6 Å². The van der Waals surface area contributed by atoms with E-state index in [1.165, 1.54) is 0 Å². The first-order chi connectivity index (χ1) is 6.02. The topological polar surface area (TPSA) is 24.9 Å². The summed E-state index contributed by atoms with van der Waals surface area (Å²) in [4.78, 5) is 4.19. The molecule has 0 bridgehead atoms. The summed E-state index contributed by atoms with van der Waals surface area (Å²) in [5.41, 5.74) is 0.325. The quantitative estimate of drug-likeness (QED) is 0.803. The van der Waals surface area contributed by atoms with Crippen LogP contribution in [0.1, 0.15) is 27.7 Å². The lowest BCUT2D eigenvalue weighted by molar-refractivity contribution is 0.269. The second-order valence-corrected chi connectivity index (χ2v) is 5.23. The third kappa shape index (κ3) is 2.99. The van der Waals surface area contributed by atoms with Crippen LogP contribution in [0.25, 0.3) is 0 Å². The van der Waals surface area contributed by atoms with Gasteiger partial charge in [-0.15, -0.1) is 11.3 Å². The molecule has 1 rings (SSSR count). The highest BCUT2D eigenvalue weighted by Gasteiger charge is 2.21. The van der Waals surface area contributed by atoms with Crippen LogP contribution < -0.4 is 5.32 Å². The predicted octanol–water partition coefficient (Wildman–Crippen LogP) is 3.24. The molecule has 0 aromatic carbocycles. The van der Waals surface area contributed by atoms with E-state index in [4.69, 9.17) is 0 Å². The average molecular weight is 198 g/mol. The van der Waals surface area contributed by atoms with Crippen molar-refractivity contribution >= 4 is 16.5 Å². The molecule has 0 spiro atoms. The summed E-state index contributed by atoms with van der Waals surface area (Å²) in [6.45, 7) is 10.0. The molecular formula is C10H18N2S. The van der Waals surface area contributed by atoms with Crippen molar-refractivity contribution in [3.05, 3.63) is 11.6 Å². The maximum Gasteiger partial charge on any atom is 0.182 e. The predicted molar refractivity (Wildman–Crippen MR) is 59.2 cm³/mol. The molecule has 1 aromatic rings. The average Bonchev–Trinajstić information content (AvgIpc) is 2.52. The highest BCUT2D eigenvalue weighted by Crippen LogP contribution is 2.26. The van der Waals surface area contributed by atoms with Gasteiger partial charge in [0.05, 0.1) is 0 Å². The maximum absolute atomic E-state index is 4.19. The molecule has 0 saturated heterocycles. The van der Waals surface area contributed by atoms with Crippen molar-refractivity contribution in [2.45, 2.75) is 27.7 Å². The van der Waals surface area contributed by atoms with E-state index in [0.717, 1.165) is 11.7 Å². The van der Waals surface area contributed by atoms with E-state index in [9.17, 15) is 0 Å². The monoisotopic (exact) mass is 198 g/mol. The summed E-state index contributed by atoms with van der Waals surface area (Å²) in [5.74, 6) is 0.681. The SMILES string of the molecule is CC(C)C(C)(C)CNc1nccs1. The Hall–Kier alpha value is -0.570. The minimum Gasteiger partial charge on any atom is -0.361 e. The lowest BCUT2D eigenvalue weighted by Gasteiger charge is -2.29. The van der Waals surface area contributed by atoms with E-state index < -0.39 is 0 Å². The molecule has 2 nitrogen and oxygen atoms in total. The second-order valence-electron chi connectivity index (χ2n) is 4.33. The third-order valence-electron chi connectivity index (χ3n) is 2.69. The van der Waals surface area contributed by atoms with Crippen molar-refractivity contribution in [2.24, 2.45) is 11.3 Å². The van der Waals surface area contributed by atoms with Crippen LogP contribution in [0, 0.1) is 11.3 Å². The van der Waals surface area contributed by atoms with Gasteiger partial charge in [-0.2, -0.15) is 0 Å². The number of nitrogens with zero attached hydrogens (tertiary/aromatic N) is 1. The number of rotatable bonds is 4. The van der Waals surface area contributed by atoms with Crippen molar-refractivity contribution in [1.29, 1.82) is 0 Å². The molecule has 1 heterocycles. The highest BCUT2D eigenvalue weighted by molar-refractivity contribution is 7.13. The van der Waals surface area contributed by atoms with Crippen LogP contribution in [-0.2, 0) is 0 Å². The molecule has 13 heavy (non-hydrogen) atoms. The second kappa shape index (κ2) is 4.09. The number of hydrogen-bond donors (Lipinski definition) is 1. The van der Waals surface area contributed by atoms with E-state index in [-0.39, 0.29) is 0 Å². The maximum atomic E-state index is 4.19. The Bertz CT molecular complexity index is 239. The van der Waals surface area contributed by atoms with E-state index in [1.54, 1.807) is 11.3 Å². The molecule has 3 heteroatoms. The molecule has 0 radical (unpaired) electrons. The van der Waals surface area contributed by atoms with E-state index in [2.05, 4.69) is 38.0 Å². The van der Waals surface area contributed by atoms with Gasteiger partial charge in [0.2, 0.25) is 0 Å². The van der Waals surface area contributed by atoms with Gasteiger partial charge in [0.1, 0.15) is 0 Å². The van der Waals surface area contributed by atoms with Gasteiger partial charge < -0.3 is 5.32 Å². The van der Waals surface area contributed by atoms with Crippen LogP contribution in [-0.4, -0.2) is 11.5 Å². The molecule has 0 unspecified atom stereocenters. The van der Waals surface area contributed by atoms with Crippen LogP contribution in [0.3, 0.4) is 0 Å². The molecule has 0 saturated carbocycles. The van der Waals surface area contributed by atoms with Crippen LogP contribution in [0.2, 0.25) is 0 Å². The fraction of sp³-hybridized carbons (Fsp3) is 0.700. The van der Waals surface area contributed by atoms with Gasteiger partial charge in [0.15, 0.2) is 5.13 Å². The molecule has 0 atom stereocenters. The molecule has 0 aliphatic carbocycles. The summed E-state index contributed by atoms with van der Waals surface area (Å²) in [5, 5.41) is 6.37. The van der Waals surface area contributed by atoms with Gasteiger partial charge in [0.25, 0.3) is 0 Å². The smallest absolute Gasteiger partial charge is 0.182 e. The number of hydrogen-bond acceptors (Lipinski definition) is 3. The molecule has 0 aliphatic rings. The van der Waals surface area contributed by atoms with Gasteiger partial charge in [-0.25, -0.2) is 4.98 Å². The first kappa shape index (κ1) is 10.5. The fourth-order valence-corrected chi connectivity index (χ4v) is 1.35. The largest absolute Gasteiger partial charge is 0.361 e. The van der Waals surface area contributed by atoms with Crippen molar-refractivity contribution in [3.8, 4) is 0 Å². The Morgan fingerprint density at radius 3 is 2.69 bits per heavy atom. The summed E-state index contributed by atoms with van der Waals surface area (Å²) < 4.78 is 0. The number of thiazole rings is 1. The summed E-state index contributed by atoms with van der Waals surface area (Å²) in [6, 6.07) is 0. The Labute approximate surface area is 84.4 Å². The summed E-state index contributed by atoms with van der Waals surface area (Å²) >= 11 is 1.65. The van der Waals surface area contributed by atoms with E-state index in [0.29, 0.717) is 11.3 Å². The third-order valence-corrected chi connectivity index (χ3v) is 3.42. The standard InChI is InChI=1S/C10H18N2S/c1-8(2)10(3,4)7-12-9-11-5-6-13-9/h5-6,8H,7H2,1-4H3,(H,11,12). The number of nitrogens with one attached hydrogen (secondary N) is 1. The van der Waals surface area contributed by atoms with Gasteiger partial charge >= 0.3 is 0 Å². The van der Waals surface area contributed by atoms with Crippen molar-refractivity contribution in [1.82, 2.24) is 4.98 Å². The van der Waals surface area contributed by atoms with Gasteiger partial charge in [-0.05, 0) is 11.3 Å². The minimum absolute atomic E-state index is 0.325. The Kier molecular flexibility index (Phi) is 3.31. The molecule has 74 valence electrons. The minimum atomic E-state index is 0.325. The fourth-order valence-electron chi connectivity index (χ4n) is 0.818. The summed E-state index contributed by atoms with van der Waals surface area (Å²) in [7, 11) is 0. The Morgan fingerprint density at radius 1 is 1.54 bits per heavy atom. The van der Waals surface area contributed by atoms with Crippen LogP contribution in [0.4, 0.5) is 5.13 Å². The first-order valence-electron chi connectivity index (χ1n) is 4.66. The van der Waals surface area contributed by atoms with Gasteiger partial charge in [0, 0.05) is 18.1 Å². The van der Waals surface area contributed by atoms with Crippen LogP contribution >= 0.6 is 11.3 Å². The van der Waals surface area contributed by atoms with Crippen LogP contribution in [0.5, 0.6) is 0 Å². The zero-order valence-corrected chi connectivity index (χ0v) is 9.61. The summed E-state index contributed by atoms with van der Waals surface area (Å²) in [6.07, 6.45) is 1.83. The first-order valence-corrected chi connectivity index (χ1v) is 5.54. The highest BCUT2D eigenvalue weighted by atomic mass is 32.1. The lowest BCUT2D eigenvalue weighted by atomic mass is 9.81. The molecule has 1 aromatic heterocycles. The van der Waals surface area contributed by atoms with Crippen molar-refractivity contribution < 1.29 is 0 Å². The van der Waals surface area contributed by atoms with Crippen LogP contribution in [0.15, 0.2) is 11.6 Å². The Morgan fingerprint density at radius 2 is 2.23 bits per heavy atom. The normalized spacial score (nSPS) is 12.1. The van der Waals surface area contributed by atoms with Crippen molar-refractivity contribution in [3.63, 3.8) is 0 Å². The zero-order valence-electron chi connectivity index (χ0n) is 8.79. The molecule has 1 N–H and O–H groups in total. The molecule has 0 fully saturated rings. The van der Waals surface area contributed by atoms with Crippen molar-refractivity contribution in [2.75, 3.05) is 11.9 Å². The van der Waals surface area contributed by atoms with E-state index >= 15 is 0 Å². The van der Waals surface area contributed by atoms with Gasteiger partial charge in [-0.1, -0.05) is 27.7 Å². The molecular weight excluding hydrogens is 180 g/mol. The molecule has 0 amide bonds. The number of aromatic nitrogens is 1. The molecule has 0 aliphatic heterocycles. The Balaban J connectivity index is 2.42.